The summed E-state index contributed by atoms with van der Waals surface area (Å²) in [6, 6.07) is 21.5. The van der Waals surface area contributed by atoms with Crippen LogP contribution in [-0.2, 0) is 0 Å². The van der Waals surface area contributed by atoms with Gasteiger partial charge in [0.1, 0.15) is 0 Å². The fourth-order valence-electron chi connectivity index (χ4n) is 3.36. The first kappa shape index (κ1) is 19.0. The molecule has 0 aliphatic heterocycles. The van der Waals surface area contributed by atoms with Crippen molar-refractivity contribution in [2.45, 2.75) is 0 Å². The lowest BCUT2D eigenvalue weighted by molar-refractivity contribution is 0.0729. The summed E-state index contributed by atoms with van der Waals surface area (Å²) in [7, 11) is 1.51. The lowest BCUT2D eigenvalue weighted by Gasteiger charge is -2.10. The fraction of sp³-hybridized carbons (Fsp3) is 0.0417. The van der Waals surface area contributed by atoms with Crippen molar-refractivity contribution in [3.8, 4) is 11.5 Å². The molecule has 5 aromatic rings. The molecule has 0 amide bonds. The second-order valence-corrected chi connectivity index (χ2v) is 7.81. The minimum absolute atomic E-state index is 0.132. The molecule has 152 valence electrons. The molecule has 6 nitrogen and oxygen atoms in total. The quantitative estimate of drug-likeness (QED) is 0.323. The Kier molecular flexibility index (Phi) is 4.72. The summed E-state index contributed by atoms with van der Waals surface area (Å²) < 4.78 is 13.0. The van der Waals surface area contributed by atoms with Gasteiger partial charge in [-0.05, 0) is 48.0 Å². The number of aromatic nitrogens is 2. The first-order valence-corrected chi connectivity index (χ1v) is 10.3. The van der Waals surface area contributed by atoms with Crippen molar-refractivity contribution in [1.29, 1.82) is 0 Å². The van der Waals surface area contributed by atoms with Crippen LogP contribution in [-0.4, -0.2) is 22.5 Å². The van der Waals surface area contributed by atoms with Gasteiger partial charge in [0.2, 0.25) is 0 Å². The first-order valence-electron chi connectivity index (χ1n) is 9.51. The second kappa shape index (κ2) is 7.70. The number of methoxy groups -OCH3 is 1. The zero-order valence-corrected chi connectivity index (χ0v) is 17.3. The maximum absolute atomic E-state index is 13.0. The number of benzene rings is 3. The van der Waals surface area contributed by atoms with Crippen molar-refractivity contribution in [1.82, 2.24) is 9.38 Å². The number of hydrogen-bond acceptors (Lipinski definition) is 6. The van der Waals surface area contributed by atoms with E-state index in [1.54, 1.807) is 52.9 Å². The number of carbonyl (C=O) groups is 1. The number of hydrogen-bond donors (Lipinski definition) is 0. The largest absolute Gasteiger partial charge is 0.493 e. The highest BCUT2D eigenvalue weighted by atomic mass is 32.1. The second-order valence-electron chi connectivity index (χ2n) is 6.80. The highest BCUT2D eigenvalue weighted by Crippen LogP contribution is 2.29. The van der Waals surface area contributed by atoms with Crippen LogP contribution in [0.25, 0.3) is 22.1 Å². The molecule has 0 aliphatic carbocycles. The SMILES string of the molecule is COc1ccc(/C=c2/sc3nc4ccccc4n3c2=O)cc1OC(=O)c1ccccc1. The molecule has 2 heterocycles. The number of esters is 1. The summed E-state index contributed by atoms with van der Waals surface area (Å²) in [5.74, 6) is 0.224. The molecule has 0 aliphatic rings. The van der Waals surface area contributed by atoms with Crippen LogP contribution in [0.4, 0.5) is 0 Å². The molecule has 5 rings (SSSR count). The maximum atomic E-state index is 13.0. The Morgan fingerprint density at radius 3 is 2.58 bits per heavy atom. The summed E-state index contributed by atoms with van der Waals surface area (Å²) in [6.45, 7) is 0. The monoisotopic (exact) mass is 428 g/mol. The molecule has 2 aromatic heterocycles. The van der Waals surface area contributed by atoms with Crippen molar-refractivity contribution >= 4 is 39.4 Å². The third kappa shape index (κ3) is 3.45. The van der Waals surface area contributed by atoms with Gasteiger partial charge in [-0.25, -0.2) is 14.2 Å². The minimum atomic E-state index is -0.485. The molecule has 7 heteroatoms. The van der Waals surface area contributed by atoms with Gasteiger partial charge < -0.3 is 9.47 Å². The minimum Gasteiger partial charge on any atom is -0.493 e. The van der Waals surface area contributed by atoms with Crippen LogP contribution in [0.2, 0.25) is 0 Å². The first-order chi connectivity index (χ1) is 15.1. The summed E-state index contributed by atoms with van der Waals surface area (Å²) >= 11 is 1.32. The van der Waals surface area contributed by atoms with Gasteiger partial charge >= 0.3 is 5.97 Å². The van der Waals surface area contributed by atoms with Crippen LogP contribution in [0, 0.1) is 0 Å². The third-order valence-electron chi connectivity index (χ3n) is 4.84. The molecule has 0 saturated heterocycles. The molecule has 0 atom stereocenters. The Hall–Kier alpha value is -3.97. The van der Waals surface area contributed by atoms with Crippen LogP contribution in [0.5, 0.6) is 11.5 Å². The van der Waals surface area contributed by atoms with Crippen molar-refractivity contribution in [3.63, 3.8) is 0 Å². The third-order valence-corrected chi connectivity index (χ3v) is 5.81. The van der Waals surface area contributed by atoms with E-state index in [0.29, 0.717) is 26.4 Å². The molecule has 31 heavy (non-hydrogen) atoms. The number of carbonyl (C=O) groups excluding carboxylic acids is 1. The highest BCUT2D eigenvalue weighted by molar-refractivity contribution is 7.15. The number of rotatable bonds is 4. The van der Waals surface area contributed by atoms with Crippen LogP contribution in [0.15, 0.2) is 77.6 Å². The van der Waals surface area contributed by atoms with Crippen molar-refractivity contribution in [3.05, 3.63) is 98.8 Å². The van der Waals surface area contributed by atoms with E-state index in [4.69, 9.17) is 9.47 Å². The molecular weight excluding hydrogens is 412 g/mol. The molecule has 0 unspecified atom stereocenters. The number of ether oxygens (including phenoxy) is 2. The van der Waals surface area contributed by atoms with Crippen molar-refractivity contribution < 1.29 is 14.3 Å². The fourth-order valence-corrected chi connectivity index (χ4v) is 4.35. The van der Waals surface area contributed by atoms with E-state index in [0.717, 1.165) is 11.0 Å². The lowest BCUT2D eigenvalue weighted by Crippen LogP contribution is -2.22. The zero-order chi connectivity index (χ0) is 21.4. The van der Waals surface area contributed by atoms with Gasteiger partial charge in [-0.15, -0.1) is 0 Å². The van der Waals surface area contributed by atoms with E-state index >= 15 is 0 Å². The zero-order valence-electron chi connectivity index (χ0n) is 16.4. The Morgan fingerprint density at radius 2 is 1.77 bits per heavy atom. The molecule has 0 N–H and O–H groups in total. The number of nitrogens with zero attached hydrogens (tertiary/aromatic N) is 2. The molecule has 0 spiro atoms. The average molecular weight is 428 g/mol. The Balaban J connectivity index is 1.56. The average Bonchev–Trinajstić information content (AvgIpc) is 3.30. The standard InChI is InChI=1S/C24H16N2O4S/c1-29-19-12-11-15(13-20(19)30-23(28)16-7-3-2-4-8-16)14-21-22(27)26-18-10-6-5-9-17(18)25-24(26)31-21/h2-14H,1H3/b21-14+. The van der Waals surface area contributed by atoms with Gasteiger partial charge in [0.15, 0.2) is 16.5 Å². The highest BCUT2D eigenvalue weighted by Gasteiger charge is 2.14. The topological polar surface area (TPSA) is 69.9 Å². The van der Waals surface area contributed by atoms with Gasteiger partial charge in [0, 0.05) is 0 Å². The van der Waals surface area contributed by atoms with Crippen LogP contribution >= 0.6 is 11.3 Å². The summed E-state index contributed by atoms with van der Waals surface area (Å²) in [4.78, 5) is 30.6. The van der Waals surface area contributed by atoms with Crippen LogP contribution < -0.4 is 19.6 Å². The molecule has 0 radical (unpaired) electrons. The number of para-hydroxylation sites is 2. The van der Waals surface area contributed by atoms with Gasteiger partial charge in [-0.2, -0.15) is 0 Å². The van der Waals surface area contributed by atoms with E-state index in [2.05, 4.69) is 4.98 Å². The normalized spacial score (nSPS) is 11.8. The Morgan fingerprint density at radius 1 is 1.00 bits per heavy atom. The summed E-state index contributed by atoms with van der Waals surface area (Å²) in [6.07, 6.45) is 1.76. The summed E-state index contributed by atoms with van der Waals surface area (Å²) in [5.41, 5.74) is 2.59. The number of thiazole rings is 1. The predicted octanol–water partition coefficient (Wildman–Crippen LogP) is 3.68. The van der Waals surface area contributed by atoms with E-state index < -0.39 is 5.97 Å². The van der Waals surface area contributed by atoms with E-state index in [-0.39, 0.29) is 11.3 Å². The Bertz CT molecular complexity index is 1540. The maximum Gasteiger partial charge on any atom is 0.343 e. The molecule has 3 aromatic carbocycles. The van der Waals surface area contributed by atoms with Crippen molar-refractivity contribution in [2.75, 3.05) is 7.11 Å². The van der Waals surface area contributed by atoms with Gasteiger partial charge in [0.25, 0.3) is 5.56 Å². The van der Waals surface area contributed by atoms with Crippen LogP contribution in [0.3, 0.4) is 0 Å². The van der Waals surface area contributed by atoms with Gasteiger partial charge in [0.05, 0.1) is 28.2 Å². The number of imidazole rings is 1. The molecule has 0 saturated carbocycles. The van der Waals surface area contributed by atoms with E-state index in [1.165, 1.54) is 18.4 Å². The van der Waals surface area contributed by atoms with Gasteiger partial charge in [-0.3, -0.25) is 4.79 Å². The van der Waals surface area contributed by atoms with E-state index in [9.17, 15) is 9.59 Å². The predicted molar refractivity (Wildman–Crippen MR) is 120 cm³/mol. The Labute approximate surface area is 180 Å². The smallest absolute Gasteiger partial charge is 0.343 e. The van der Waals surface area contributed by atoms with Gasteiger partial charge in [-0.1, -0.05) is 47.7 Å². The molecular formula is C24H16N2O4S. The molecule has 0 fully saturated rings. The summed E-state index contributed by atoms with van der Waals surface area (Å²) in [5, 5.41) is 0. The van der Waals surface area contributed by atoms with Crippen molar-refractivity contribution in [2.24, 2.45) is 0 Å². The molecule has 0 bridgehead atoms. The van der Waals surface area contributed by atoms with E-state index in [1.807, 2.05) is 30.3 Å². The number of fused-ring (bicyclic) bond motifs is 3. The lowest BCUT2D eigenvalue weighted by atomic mass is 10.2. The van der Waals surface area contributed by atoms with Crippen LogP contribution in [0.1, 0.15) is 15.9 Å².